The lowest BCUT2D eigenvalue weighted by Crippen LogP contribution is -2.57. The number of halogens is 1. The number of thiophene rings is 1. The van der Waals surface area contributed by atoms with Gasteiger partial charge in [0, 0.05) is 17.5 Å². The van der Waals surface area contributed by atoms with Crippen molar-refractivity contribution < 1.29 is 4.79 Å². The van der Waals surface area contributed by atoms with Crippen molar-refractivity contribution in [2.75, 3.05) is 6.54 Å². The number of carbonyl (C=O) groups is 1. The van der Waals surface area contributed by atoms with E-state index in [1.165, 1.54) is 43.4 Å². The fourth-order valence-electron chi connectivity index (χ4n) is 5.39. The Morgan fingerprint density at radius 1 is 1.25 bits per heavy atom. The zero-order chi connectivity index (χ0) is 16.7. The van der Waals surface area contributed by atoms with Crippen LogP contribution in [0.5, 0.6) is 0 Å². The molecule has 1 aromatic rings. The third-order valence-corrected chi connectivity index (χ3v) is 7.35. The first-order chi connectivity index (χ1) is 11.6. The molecule has 0 unspecified atom stereocenters. The average Bonchev–Trinajstić information content (AvgIpc) is 2.95. The predicted octanol–water partition coefficient (Wildman–Crippen LogP) is 4.92. The van der Waals surface area contributed by atoms with Crippen LogP contribution in [0.15, 0.2) is 24.8 Å². The first-order valence-corrected chi connectivity index (χ1v) is 10.2. The molecule has 5 heteroatoms. The summed E-state index contributed by atoms with van der Waals surface area (Å²) in [7, 11) is 0. The van der Waals surface area contributed by atoms with Gasteiger partial charge < -0.3 is 10.2 Å². The summed E-state index contributed by atoms with van der Waals surface area (Å²) < 4.78 is 0.769. The Morgan fingerprint density at radius 2 is 1.92 bits per heavy atom. The highest BCUT2D eigenvalue weighted by Gasteiger charge is 2.48. The average molecular weight is 365 g/mol. The van der Waals surface area contributed by atoms with Crippen LogP contribution in [-0.2, 0) is 6.54 Å². The first-order valence-electron chi connectivity index (χ1n) is 9.03. The highest BCUT2D eigenvalue weighted by atomic mass is 35.5. The van der Waals surface area contributed by atoms with Gasteiger partial charge in [0.1, 0.15) is 0 Å². The lowest BCUT2D eigenvalue weighted by molar-refractivity contribution is -0.0109. The summed E-state index contributed by atoms with van der Waals surface area (Å²) in [6.07, 6.45) is 8.51. The van der Waals surface area contributed by atoms with E-state index in [-0.39, 0.29) is 6.03 Å². The zero-order valence-electron chi connectivity index (χ0n) is 13.9. The summed E-state index contributed by atoms with van der Waals surface area (Å²) in [5.41, 5.74) is 0. The van der Waals surface area contributed by atoms with Crippen molar-refractivity contribution in [3.8, 4) is 0 Å². The van der Waals surface area contributed by atoms with E-state index in [9.17, 15) is 4.79 Å². The Balaban J connectivity index is 1.42. The number of rotatable bonds is 5. The molecule has 3 nitrogen and oxygen atoms in total. The van der Waals surface area contributed by atoms with Crippen LogP contribution < -0.4 is 5.32 Å². The van der Waals surface area contributed by atoms with Gasteiger partial charge in [0.2, 0.25) is 0 Å². The van der Waals surface area contributed by atoms with E-state index in [1.54, 1.807) is 6.08 Å². The van der Waals surface area contributed by atoms with Crippen molar-refractivity contribution in [3.05, 3.63) is 34.0 Å². The number of nitrogens with one attached hydrogen (secondary N) is 1. The van der Waals surface area contributed by atoms with Gasteiger partial charge in [-0.15, -0.1) is 17.9 Å². The Kier molecular flexibility index (Phi) is 4.61. The van der Waals surface area contributed by atoms with Gasteiger partial charge in [-0.2, -0.15) is 0 Å². The molecule has 0 aromatic carbocycles. The summed E-state index contributed by atoms with van der Waals surface area (Å²) in [4.78, 5) is 15.8. The summed E-state index contributed by atoms with van der Waals surface area (Å²) in [5.74, 6) is 3.26. The van der Waals surface area contributed by atoms with Gasteiger partial charge in [-0.25, -0.2) is 4.79 Å². The maximum Gasteiger partial charge on any atom is 0.318 e. The largest absolute Gasteiger partial charge is 0.335 e. The molecule has 1 heterocycles. The number of urea groups is 1. The fraction of sp³-hybridized carbons (Fsp3) is 0.632. The number of carbonyl (C=O) groups excluding carboxylic acids is 1. The Morgan fingerprint density at radius 3 is 2.46 bits per heavy atom. The Labute approximate surface area is 153 Å². The van der Waals surface area contributed by atoms with Crippen LogP contribution in [0.3, 0.4) is 0 Å². The molecule has 4 aliphatic rings. The molecule has 0 atom stereocenters. The Bertz CT molecular complexity index is 601. The monoisotopic (exact) mass is 364 g/mol. The minimum atomic E-state index is 0.0527. The maximum absolute atomic E-state index is 12.9. The fourth-order valence-corrected chi connectivity index (χ4v) is 6.50. The third kappa shape index (κ3) is 3.23. The van der Waals surface area contributed by atoms with Gasteiger partial charge in [-0.3, -0.25) is 0 Å². The number of amides is 2. The van der Waals surface area contributed by atoms with E-state index < -0.39 is 0 Å². The second kappa shape index (κ2) is 6.72. The van der Waals surface area contributed by atoms with Crippen molar-refractivity contribution >= 4 is 29.0 Å². The number of nitrogens with zero attached hydrogens (tertiary/aromatic N) is 1. The second-order valence-electron chi connectivity index (χ2n) is 7.78. The van der Waals surface area contributed by atoms with Gasteiger partial charge in [0.25, 0.3) is 0 Å². The molecule has 4 aliphatic carbocycles. The molecule has 4 fully saturated rings. The second-order valence-corrected chi connectivity index (χ2v) is 9.58. The molecule has 5 rings (SSSR count). The van der Waals surface area contributed by atoms with Crippen molar-refractivity contribution in [1.82, 2.24) is 10.2 Å². The first kappa shape index (κ1) is 16.5. The lowest BCUT2D eigenvalue weighted by Gasteiger charge is -2.54. The predicted molar refractivity (Wildman–Crippen MR) is 99.3 cm³/mol. The normalized spacial score (nSPS) is 33.5. The molecule has 130 valence electrons. The van der Waals surface area contributed by atoms with Crippen LogP contribution in [0.1, 0.15) is 37.0 Å². The molecule has 0 radical (unpaired) electrons. The van der Waals surface area contributed by atoms with Crippen LogP contribution in [0.4, 0.5) is 4.79 Å². The SMILES string of the molecule is C=CCN(Cc1ccc(Cl)s1)C(=O)NC1C2CC3CC(C2)CC1C3. The molecular formula is C19H25ClN2OS. The summed E-state index contributed by atoms with van der Waals surface area (Å²) in [5, 5.41) is 3.38. The minimum absolute atomic E-state index is 0.0527. The molecule has 4 bridgehead atoms. The van der Waals surface area contributed by atoms with Crippen molar-refractivity contribution in [3.63, 3.8) is 0 Å². The summed E-state index contributed by atoms with van der Waals surface area (Å²) in [6.45, 7) is 4.97. The molecular weight excluding hydrogens is 340 g/mol. The topological polar surface area (TPSA) is 32.3 Å². The zero-order valence-corrected chi connectivity index (χ0v) is 15.5. The summed E-state index contributed by atoms with van der Waals surface area (Å²) >= 11 is 7.56. The number of hydrogen-bond donors (Lipinski definition) is 1. The van der Waals surface area contributed by atoms with Crippen LogP contribution in [0, 0.1) is 23.7 Å². The van der Waals surface area contributed by atoms with E-state index in [4.69, 9.17) is 11.6 Å². The van der Waals surface area contributed by atoms with Crippen LogP contribution in [0.2, 0.25) is 4.34 Å². The van der Waals surface area contributed by atoms with Crippen molar-refractivity contribution in [2.45, 2.75) is 44.7 Å². The van der Waals surface area contributed by atoms with Gasteiger partial charge in [0.15, 0.2) is 0 Å². The molecule has 1 aromatic heterocycles. The van der Waals surface area contributed by atoms with Crippen LogP contribution in [0.25, 0.3) is 0 Å². The summed E-state index contributed by atoms with van der Waals surface area (Å²) in [6, 6.07) is 4.32. The van der Waals surface area contributed by atoms with Gasteiger partial charge in [-0.05, 0) is 67.9 Å². The van der Waals surface area contributed by atoms with Gasteiger partial charge >= 0.3 is 6.03 Å². The lowest BCUT2D eigenvalue weighted by atomic mass is 9.54. The van der Waals surface area contributed by atoms with E-state index in [2.05, 4.69) is 11.9 Å². The molecule has 0 saturated heterocycles. The van der Waals surface area contributed by atoms with Crippen LogP contribution >= 0.6 is 22.9 Å². The van der Waals surface area contributed by atoms with E-state index in [1.807, 2.05) is 17.0 Å². The van der Waals surface area contributed by atoms with E-state index in [0.29, 0.717) is 31.0 Å². The van der Waals surface area contributed by atoms with Gasteiger partial charge in [0.05, 0.1) is 10.9 Å². The maximum atomic E-state index is 12.9. The van der Waals surface area contributed by atoms with Crippen LogP contribution in [-0.4, -0.2) is 23.5 Å². The highest BCUT2D eigenvalue weighted by Crippen LogP contribution is 2.53. The smallest absolute Gasteiger partial charge is 0.318 e. The van der Waals surface area contributed by atoms with Crippen molar-refractivity contribution in [2.24, 2.45) is 23.7 Å². The van der Waals surface area contributed by atoms with E-state index >= 15 is 0 Å². The quantitative estimate of drug-likeness (QED) is 0.738. The molecule has 4 saturated carbocycles. The standard InChI is InChI=1S/C19H25ClN2OS/c1-2-5-22(11-16-3-4-17(20)24-16)19(23)21-18-14-7-12-6-13(9-14)10-15(18)8-12/h2-4,12-15,18H,1,5-11H2,(H,21,23). The molecule has 0 spiro atoms. The van der Waals surface area contributed by atoms with Gasteiger partial charge in [-0.1, -0.05) is 17.7 Å². The van der Waals surface area contributed by atoms with E-state index in [0.717, 1.165) is 21.0 Å². The number of hydrogen-bond acceptors (Lipinski definition) is 2. The Hall–Kier alpha value is -1.00. The molecule has 2 amide bonds. The minimum Gasteiger partial charge on any atom is -0.335 e. The van der Waals surface area contributed by atoms with Crippen molar-refractivity contribution in [1.29, 1.82) is 0 Å². The highest BCUT2D eigenvalue weighted by molar-refractivity contribution is 7.16. The molecule has 24 heavy (non-hydrogen) atoms. The third-order valence-electron chi connectivity index (χ3n) is 6.13. The molecule has 1 N–H and O–H groups in total. The molecule has 0 aliphatic heterocycles.